The molecule has 0 aliphatic heterocycles. The normalized spacial score (nSPS) is 12.4. The van der Waals surface area contributed by atoms with Crippen LogP contribution < -0.4 is 0 Å². The number of hydrogen-bond donors (Lipinski definition) is 1. The second kappa shape index (κ2) is 5.60. The van der Waals surface area contributed by atoms with Crippen LogP contribution in [0.5, 0.6) is 0 Å². The zero-order valence-corrected chi connectivity index (χ0v) is 10.0. The van der Waals surface area contributed by atoms with Gasteiger partial charge < -0.3 is 5.11 Å². The lowest BCUT2D eigenvalue weighted by atomic mass is 10.0. The highest BCUT2D eigenvalue weighted by Gasteiger charge is 2.07. The number of hydrogen-bond acceptors (Lipinski definition) is 2. The highest BCUT2D eigenvalue weighted by molar-refractivity contribution is 5.24. The lowest BCUT2D eigenvalue weighted by Crippen LogP contribution is -2.01. The number of pyridine rings is 1. The molecule has 0 spiro atoms. The quantitative estimate of drug-likeness (QED) is 0.871. The van der Waals surface area contributed by atoms with Crippen molar-refractivity contribution in [3.8, 4) is 0 Å². The number of aromatic nitrogens is 1. The first-order valence-corrected chi connectivity index (χ1v) is 5.95. The number of nitrogens with zero attached hydrogens (tertiary/aromatic N) is 1. The summed E-state index contributed by atoms with van der Waals surface area (Å²) in [6.07, 6.45) is 4.66. The van der Waals surface area contributed by atoms with E-state index in [9.17, 15) is 5.11 Å². The van der Waals surface area contributed by atoms with Crippen molar-refractivity contribution in [1.82, 2.24) is 4.98 Å². The topological polar surface area (TPSA) is 33.1 Å². The lowest BCUT2D eigenvalue weighted by Gasteiger charge is -2.11. The molecule has 0 fully saturated rings. The third-order valence-corrected chi connectivity index (χ3v) is 2.95. The minimum atomic E-state index is -0.453. The van der Waals surface area contributed by atoms with E-state index in [2.05, 4.69) is 36.2 Å². The Bertz CT molecular complexity index is 450. The first kappa shape index (κ1) is 11.8. The molecule has 2 aromatic rings. The fourth-order valence-electron chi connectivity index (χ4n) is 1.84. The molecule has 1 aromatic heterocycles. The van der Waals surface area contributed by atoms with Crippen molar-refractivity contribution in [1.29, 1.82) is 0 Å². The summed E-state index contributed by atoms with van der Waals surface area (Å²) < 4.78 is 0. The van der Waals surface area contributed by atoms with Gasteiger partial charge in [0.1, 0.15) is 0 Å². The fraction of sp³-hybridized carbons (Fsp3) is 0.267. The van der Waals surface area contributed by atoms with Crippen molar-refractivity contribution < 1.29 is 5.11 Å². The highest BCUT2D eigenvalue weighted by Crippen LogP contribution is 2.17. The molecule has 1 heterocycles. The third kappa shape index (κ3) is 3.14. The van der Waals surface area contributed by atoms with Gasteiger partial charge in [-0.2, -0.15) is 0 Å². The predicted octanol–water partition coefficient (Wildman–Crippen LogP) is 2.92. The molecule has 0 saturated carbocycles. The number of aliphatic hydroxyl groups is 1. The van der Waals surface area contributed by atoms with E-state index in [0.717, 1.165) is 17.5 Å². The minimum Gasteiger partial charge on any atom is -0.388 e. The van der Waals surface area contributed by atoms with Crippen molar-refractivity contribution in [3.05, 3.63) is 65.5 Å². The Labute approximate surface area is 102 Å². The Morgan fingerprint density at radius 3 is 2.18 bits per heavy atom. The maximum atomic E-state index is 10.1. The second-order valence-electron chi connectivity index (χ2n) is 4.17. The van der Waals surface area contributed by atoms with Gasteiger partial charge in [-0.05, 0) is 35.2 Å². The van der Waals surface area contributed by atoms with Crippen molar-refractivity contribution in [2.24, 2.45) is 0 Å². The molecule has 0 bridgehead atoms. The van der Waals surface area contributed by atoms with Gasteiger partial charge in [-0.3, -0.25) is 4.98 Å². The van der Waals surface area contributed by atoms with Crippen LogP contribution in [0.25, 0.3) is 0 Å². The minimum absolute atomic E-state index is 0.453. The first-order chi connectivity index (χ1) is 8.29. The van der Waals surface area contributed by atoms with Gasteiger partial charge in [0.15, 0.2) is 0 Å². The SMILES string of the molecule is CCc1ccc(CC(O)c2ccncc2)cc1. The van der Waals surface area contributed by atoms with Gasteiger partial charge in [-0.1, -0.05) is 31.2 Å². The van der Waals surface area contributed by atoms with Gasteiger partial charge in [-0.25, -0.2) is 0 Å². The maximum absolute atomic E-state index is 10.1. The standard InChI is InChI=1S/C15H17NO/c1-2-12-3-5-13(6-4-12)11-15(17)14-7-9-16-10-8-14/h3-10,15,17H,2,11H2,1H3. The van der Waals surface area contributed by atoms with Crippen molar-refractivity contribution in [2.45, 2.75) is 25.9 Å². The second-order valence-corrected chi connectivity index (χ2v) is 4.17. The molecule has 0 amide bonds. The molecule has 0 aliphatic carbocycles. The molecule has 0 saturated heterocycles. The molecule has 17 heavy (non-hydrogen) atoms. The summed E-state index contributed by atoms with van der Waals surface area (Å²) in [7, 11) is 0. The van der Waals surface area contributed by atoms with Gasteiger partial charge in [-0.15, -0.1) is 0 Å². The zero-order chi connectivity index (χ0) is 12.1. The zero-order valence-electron chi connectivity index (χ0n) is 10.0. The summed E-state index contributed by atoms with van der Waals surface area (Å²) >= 11 is 0. The summed E-state index contributed by atoms with van der Waals surface area (Å²) in [5.74, 6) is 0. The molecule has 1 atom stereocenters. The van der Waals surface area contributed by atoms with Crippen molar-refractivity contribution >= 4 is 0 Å². The van der Waals surface area contributed by atoms with Crippen molar-refractivity contribution in [2.75, 3.05) is 0 Å². The average molecular weight is 227 g/mol. The van der Waals surface area contributed by atoms with Crippen LogP contribution in [0.15, 0.2) is 48.8 Å². The molecular formula is C15H17NO. The van der Waals surface area contributed by atoms with Crippen LogP contribution in [0.1, 0.15) is 29.7 Å². The number of aryl methyl sites for hydroxylation is 1. The van der Waals surface area contributed by atoms with Crippen LogP contribution in [-0.2, 0) is 12.8 Å². The lowest BCUT2D eigenvalue weighted by molar-refractivity contribution is 0.178. The average Bonchev–Trinajstić information content (AvgIpc) is 2.40. The summed E-state index contributed by atoms with van der Waals surface area (Å²) in [6, 6.07) is 12.1. The van der Waals surface area contributed by atoms with Crippen LogP contribution in [0.4, 0.5) is 0 Å². The molecule has 0 radical (unpaired) electrons. The van der Waals surface area contributed by atoms with Gasteiger partial charge in [0.25, 0.3) is 0 Å². The van der Waals surface area contributed by atoms with Crippen molar-refractivity contribution in [3.63, 3.8) is 0 Å². The van der Waals surface area contributed by atoms with E-state index in [1.54, 1.807) is 12.4 Å². The van der Waals surface area contributed by atoms with Crippen LogP contribution in [0.3, 0.4) is 0 Å². The number of aliphatic hydroxyl groups excluding tert-OH is 1. The van der Waals surface area contributed by atoms with E-state index >= 15 is 0 Å². The Balaban J connectivity index is 2.05. The molecular weight excluding hydrogens is 210 g/mol. The maximum Gasteiger partial charge on any atom is 0.0831 e. The summed E-state index contributed by atoms with van der Waals surface area (Å²) in [5, 5.41) is 10.1. The molecule has 1 N–H and O–H groups in total. The monoisotopic (exact) mass is 227 g/mol. The van der Waals surface area contributed by atoms with Crippen LogP contribution in [-0.4, -0.2) is 10.1 Å². The van der Waals surface area contributed by atoms with Gasteiger partial charge in [0.2, 0.25) is 0 Å². The van der Waals surface area contributed by atoms with Gasteiger partial charge in [0.05, 0.1) is 6.10 Å². The molecule has 0 aliphatic rings. The summed E-state index contributed by atoms with van der Waals surface area (Å²) in [4.78, 5) is 3.95. The largest absolute Gasteiger partial charge is 0.388 e. The molecule has 1 aromatic carbocycles. The Kier molecular flexibility index (Phi) is 3.89. The molecule has 1 unspecified atom stereocenters. The predicted molar refractivity (Wildman–Crippen MR) is 68.7 cm³/mol. The third-order valence-electron chi connectivity index (χ3n) is 2.95. The van der Waals surface area contributed by atoms with E-state index in [4.69, 9.17) is 0 Å². The van der Waals surface area contributed by atoms with E-state index in [-0.39, 0.29) is 0 Å². The summed E-state index contributed by atoms with van der Waals surface area (Å²) in [6.45, 7) is 2.14. The van der Waals surface area contributed by atoms with Crippen LogP contribution in [0.2, 0.25) is 0 Å². The fourth-order valence-corrected chi connectivity index (χ4v) is 1.84. The van der Waals surface area contributed by atoms with Crippen LogP contribution >= 0.6 is 0 Å². The van der Waals surface area contributed by atoms with E-state index in [1.165, 1.54) is 5.56 Å². The van der Waals surface area contributed by atoms with Gasteiger partial charge in [0, 0.05) is 18.8 Å². The Morgan fingerprint density at radius 2 is 1.59 bits per heavy atom. The summed E-state index contributed by atoms with van der Waals surface area (Å²) in [5.41, 5.74) is 3.40. The number of benzene rings is 1. The molecule has 2 rings (SSSR count). The smallest absolute Gasteiger partial charge is 0.0831 e. The van der Waals surface area contributed by atoms with E-state index in [0.29, 0.717) is 6.42 Å². The van der Waals surface area contributed by atoms with Crippen LogP contribution in [0, 0.1) is 0 Å². The molecule has 2 nitrogen and oxygen atoms in total. The molecule has 2 heteroatoms. The first-order valence-electron chi connectivity index (χ1n) is 5.95. The Morgan fingerprint density at radius 1 is 1.00 bits per heavy atom. The van der Waals surface area contributed by atoms with E-state index in [1.807, 2.05) is 12.1 Å². The Hall–Kier alpha value is -1.67. The van der Waals surface area contributed by atoms with Gasteiger partial charge >= 0.3 is 0 Å². The van der Waals surface area contributed by atoms with E-state index < -0.39 is 6.10 Å². The highest BCUT2D eigenvalue weighted by atomic mass is 16.3. The number of rotatable bonds is 4. The molecule has 88 valence electrons.